The van der Waals surface area contributed by atoms with E-state index in [1.165, 1.54) is 24.6 Å². The van der Waals surface area contributed by atoms with E-state index in [-0.39, 0.29) is 24.5 Å². The summed E-state index contributed by atoms with van der Waals surface area (Å²) in [6.45, 7) is 0. The molecular weight excluding hydrogens is 423 g/mol. The molecule has 1 heterocycles. The van der Waals surface area contributed by atoms with Crippen molar-refractivity contribution in [3.05, 3.63) is 83.7 Å². The summed E-state index contributed by atoms with van der Waals surface area (Å²) in [6, 6.07) is 15.9. The van der Waals surface area contributed by atoms with Crippen molar-refractivity contribution >= 4 is 44.0 Å². The van der Waals surface area contributed by atoms with E-state index in [2.05, 4.69) is 15.0 Å². The van der Waals surface area contributed by atoms with Crippen LogP contribution in [-0.2, 0) is 13.1 Å². The molecule has 0 fully saturated rings. The summed E-state index contributed by atoms with van der Waals surface area (Å²) in [4.78, 5) is 12.4. The topological polar surface area (TPSA) is 38.8 Å². The molecule has 2 aromatic carbocycles. The number of aliphatic imine (C=N–C) groups is 2. The Balaban J connectivity index is 0.000000758. The van der Waals surface area contributed by atoms with Crippen LogP contribution >= 0.6 is 20.2 Å². The predicted molar refractivity (Wildman–Crippen MR) is 98.8 cm³/mol. The van der Waals surface area contributed by atoms with Crippen molar-refractivity contribution in [3.8, 4) is 0 Å². The molecule has 0 aliphatic heterocycles. The average Bonchev–Trinajstić information content (AvgIpc) is 3.09. The van der Waals surface area contributed by atoms with Crippen molar-refractivity contribution in [2.24, 2.45) is 9.98 Å². The number of halogens is 4. The molecule has 0 aliphatic rings. The Bertz CT molecular complexity index is 827. The van der Waals surface area contributed by atoms with E-state index in [4.69, 9.17) is 20.2 Å². The van der Waals surface area contributed by atoms with Gasteiger partial charge in [-0.15, -0.1) is 11.4 Å². The van der Waals surface area contributed by atoms with Crippen molar-refractivity contribution in [3.63, 3.8) is 0 Å². The molecule has 0 N–H and O–H groups in total. The summed E-state index contributed by atoms with van der Waals surface area (Å²) < 4.78 is 26.9. The van der Waals surface area contributed by atoms with Crippen molar-refractivity contribution in [1.82, 2.24) is 4.98 Å². The van der Waals surface area contributed by atoms with Crippen LogP contribution in [0.5, 0.6) is 0 Å². The second-order valence-electron chi connectivity index (χ2n) is 4.76. The van der Waals surface area contributed by atoms with Crippen molar-refractivity contribution in [1.29, 1.82) is 0 Å². The van der Waals surface area contributed by atoms with Gasteiger partial charge in [-0.05, 0) is 24.3 Å². The molecule has 26 heavy (non-hydrogen) atoms. The first-order valence-electron chi connectivity index (χ1n) is 7.20. The normalized spacial score (nSPS) is 10.9. The predicted octanol–water partition coefficient (Wildman–Crippen LogP) is 5.80. The Labute approximate surface area is 164 Å². The molecule has 0 amide bonds. The van der Waals surface area contributed by atoms with Crippen LogP contribution in [0.3, 0.4) is 0 Å². The van der Waals surface area contributed by atoms with Crippen LogP contribution in [0.15, 0.2) is 70.6 Å². The molecule has 0 unspecified atom stereocenters. The van der Waals surface area contributed by atoms with Gasteiger partial charge in [-0.3, -0.25) is 9.98 Å². The van der Waals surface area contributed by atoms with E-state index in [9.17, 15) is 8.78 Å². The Morgan fingerprint density at radius 1 is 0.731 bits per heavy atom. The number of benzene rings is 2. The summed E-state index contributed by atoms with van der Waals surface area (Å²) in [5.41, 5.74) is 1.64. The van der Waals surface area contributed by atoms with Gasteiger partial charge < -0.3 is 4.98 Å². The van der Waals surface area contributed by atoms with Gasteiger partial charge in [0.25, 0.3) is 0 Å². The fourth-order valence-electron chi connectivity index (χ4n) is 1.92. The van der Waals surface area contributed by atoms with E-state index >= 15 is 0 Å². The minimum atomic E-state index is -0.392. The Morgan fingerprint density at radius 2 is 1.12 bits per heavy atom. The summed E-state index contributed by atoms with van der Waals surface area (Å²) in [7, 11) is 9.53. The van der Waals surface area contributed by atoms with E-state index in [0.29, 0.717) is 11.4 Å². The third-order valence-electron chi connectivity index (χ3n) is 3.06. The molecule has 0 spiro atoms. The summed E-state index contributed by atoms with van der Waals surface area (Å²) in [5.74, 6) is -0.784. The van der Waals surface area contributed by atoms with Gasteiger partial charge >= 0.3 is 33.3 Å². The third kappa shape index (κ3) is 6.39. The van der Waals surface area contributed by atoms with E-state index < -0.39 is 11.6 Å². The van der Waals surface area contributed by atoms with Gasteiger partial charge in [0.1, 0.15) is 11.6 Å². The van der Waals surface area contributed by atoms with Crippen molar-refractivity contribution in [2.75, 3.05) is 0 Å². The number of hydrogen-bond acceptors (Lipinski definition) is 2. The molecule has 8 heteroatoms. The molecule has 3 rings (SSSR count). The number of aromatic nitrogens is 1. The first-order valence-corrected chi connectivity index (χ1v) is 10.2. The van der Waals surface area contributed by atoms with Crippen LogP contribution < -0.4 is 4.98 Å². The maximum absolute atomic E-state index is 13.5. The van der Waals surface area contributed by atoms with Crippen LogP contribution in [0.4, 0.5) is 20.2 Å². The summed E-state index contributed by atoms with van der Waals surface area (Å²) >= 11 is 0.194. The number of hydrogen-bond donors (Lipinski definition) is 0. The summed E-state index contributed by atoms with van der Waals surface area (Å²) in [5, 5.41) is 0. The zero-order valence-electron chi connectivity index (χ0n) is 13.1. The van der Waals surface area contributed by atoms with Crippen LogP contribution in [0, 0.1) is 11.6 Å². The molecule has 0 aliphatic carbocycles. The first-order chi connectivity index (χ1) is 12.6. The van der Waals surface area contributed by atoms with E-state index in [0.717, 1.165) is 0 Å². The van der Waals surface area contributed by atoms with Gasteiger partial charge in [0.05, 0.1) is 11.4 Å². The zero-order chi connectivity index (χ0) is 18.8. The molecule has 1 aromatic heterocycles. The SMILES string of the molecule is Fc1ccccc1N=Cc1ccc(C=Nc2ccccc2F)[n-]1.[Cl][Fe+][Cl]. The third-order valence-corrected chi connectivity index (χ3v) is 3.06. The first kappa shape index (κ1) is 20.3. The molecule has 0 bridgehead atoms. The molecular formula is C18H12Cl2F2FeN3. The van der Waals surface area contributed by atoms with Crippen LogP contribution in [-0.4, -0.2) is 12.4 Å². The van der Waals surface area contributed by atoms with Crippen LogP contribution in [0.1, 0.15) is 11.4 Å². The number of rotatable bonds is 4. The minimum absolute atomic E-state index is 0.194. The monoisotopic (exact) mass is 434 g/mol. The van der Waals surface area contributed by atoms with Gasteiger partial charge in [0.2, 0.25) is 0 Å². The number of para-hydroxylation sites is 2. The second-order valence-corrected chi connectivity index (χ2v) is 6.59. The zero-order valence-corrected chi connectivity index (χ0v) is 15.8. The summed E-state index contributed by atoms with van der Waals surface area (Å²) in [6.07, 6.45) is 2.94. The standard InChI is InChI=1S/C18H12F2N3.2ClH.Fe/c19-15-5-1-3-7-17(15)21-11-13-9-10-14(23-13)12-22-18-8-4-2-6-16(18)20;;;/h1-12H;2*1H;/q-1;;;+3/p-2. The van der Waals surface area contributed by atoms with Gasteiger partial charge in [-0.25, -0.2) is 8.78 Å². The van der Waals surface area contributed by atoms with Crippen molar-refractivity contribution in [2.45, 2.75) is 0 Å². The van der Waals surface area contributed by atoms with E-state index in [1.54, 1.807) is 48.5 Å². The fraction of sp³-hybridized carbons (Fsp3) is 0. The molecule has 0 atom stereocenters. The van der Waals surface area contributed by atoms with Crippen LogP contribution in [0.25, 0.3) is 0 Å². The van der Waals surface area contributed by atoms with Crippen molar-refractivity contribution < 1.29 is 21.9 Å². The second kappa shape index (κ2) is 10.9. The molecule has 3 nitrogen and oxygen atoms in total. The Hall–Kier alpha value is -1.98. The van der Waals surface area contributed by atoms with Gasteiger partial charge in [0, 0.05) is 12.4 Å². The molecule has 3 aromatic rings. The van der Waals surface area contributed by atoms with Crippen LogP contribution in [0.2, 0.25) is 0 Å². The molecule has 0 saturated carbocycles. The van der Waals surface area contributed by atoms with Gasteiger partial charge in [0.15, 0.2) is 0 Å². The molecule has 135 valence electrons. The molecule has 0 saturated heterocycles. The molecule has 0 radical (unpaired) electrons. The average molecular weight is 435 g/mol. The number of nitrogens with zero attached hydrogens (tertiary/aromatic N) is 3. The van der Waals surface area contributed by atoms with Gasteiger partial charge in [-0.2, -0.15) is 0 Å². The Morgan fingerprint density at radius 3 is 1.50 bits per heavy atom. The fourth-order valence-corrected chi connectivity index (χ4v) is 1.92. The van der Waals surface area contributed by atoms with E-state index in [1.807, 2.05) is 0 Å². The van der Waals surface area contributed by atoms with Gasteiger partial charge in [-0.1, -0.05) is 36.4 Å². The Kier molecular flexibility index (Phi) is 8.51. The quantitative estimate of drug-likeness (QED) is 0.377. The maximum atomic E-state index is 13.5.